The third kappa shape index (κ3) is 7.05. The average Bonchev–Trinajstić information content (AvgIpc) is 3.13. The van der Waals surface area contributed by atoms with Crippen molar-refractivity contribution in [2.75, 3.05) is 40.7 Å². The number of halogens is 2. The number of carbonyl (C=O) groups excluding carboxylic acids is 1. The molecule has 0 unspecified atom stereocenters. The Labute approximate surface area is 194 Å². The number of methoxy groups -OCH3 is 2. The first kappa shape index (κ1) is 25.9. The van der Waals surface area contributed by atoms with Crippen molar-refractivity contribution in [2.45, 2.75) is 13.5 Å². The van der Waals surface area contributed by atoms with Gasteiger partial charge in [0, 0.05) is 6.07 Å². The van der Waals surface area contributed by atoms with E-state index in [0.717, 1.165) is 12.4 Å². The molecule has 0 aliphatic heterocycles. The molecule has 2 aromatic heterocycles. The molecule has 0 aliphatic rings. The molecule has 0 bridgehead atoms. The second-order valence-corrected chi connectivity index (χ2v) is 8.00. The van der Waals surface area contributed by atoms with Crippen molar-refractivity contribution in [3.8, 4) is 17.2 Å². The lowest BCUT2D eigenvalue weighted by atomic mass is 10.1. The molecule has 0 spiro atoms. The number of rotatable bonds is 8. The van der Waals surface area contributed by atoms with Crippen LogP contribution in [0.2, 0.25) is 0 Å². The van der Waals surface area contributed by atoms with Gasteiger partial charge in [-0.3, -0.25) is 4.79 Å². The van der Waals surface area contributed by atoms with E-state index in [-0.39, 0.29) is 28.8 Å². The lowest BCUT2D eigenvalue weighted by Crippen LogP contribution is -2.06. The van der Waals surface area contributed by atoms with Crippen LogP contribution in [0.15, 0.2) is 18.5 Å². The van der Waals surface area contributed by atoms with Gasteiger partial charge in [-0.1, -0.05) is 11.3 Å². The van der Waals surface area contributed by atoms with Gasteiger partial charge in [-0.2, -0.15) is 0 Å². The highest BCUT2D eigenvalue weighted by atomic mass is 32.1. The molecule has 1 N–H and O–H groups in total. The maximum atomic E-state index is 14.4. The van der Waals surface area contributed by atoms with Gasteiger partial charge in [0.25, 0.3) is 0 Å². The molecule has 33 heavy (non-hydrogen) atoms. The first-order valence-corrected chi connectivity index (χ1v) is 10.4. The molecule has 0 fully saturated rings. The number of nitrogens with one attached hydrogen (secondary N) is 1. The van der Waals surface area contributed by atoms with Gasteiger partial charge in [0.1, 0.15) is 6.61 Å². The van der Waals surface area contributed by atoms with E-state index in [9.17, 15) is 13.6 Å². The van der Waals surface area contributed by atoms with E-state index in [1.54, 1.807) is 6.92 Å². The van der Waals surface area contributed by atoms with Gasteiger partial charge in [0.05, 0.1) is 42.7 Å². The fourth-order valence-electron chi connectivity index (χ4n) is 2.34. The lowest BCUT2D eigenvalue weighted by Gasteiger charge is -2.13. The molecule has 0 amide bonds. The third-order valence-electron chi connectivity index (χ3n) is 3.83. The molecular formula is C21H25F2N5O4S. The summed E-state index contributed by atoms with van der Waals surface area (Å²) < 4.78 is 43.9. The van der Waals surface area contributed by atoms with Gasteiger partial charge >= 0.3 is 0 Å². The molecule has 0 atom stereocenters. The Morgan fingerprint density at radius 3 is 2.09 bits per heavy atom. The number of anilines is 2. The summed E-state index contributed by atoms with van der Waals surface area (Å²) in [6, 6.07) is 1.12. The van der Waals surface area contributed by atoms with Gasteiger partial charge in [-0.25, -0.2) is 23.7 Å². The maximum Gasteiger partial charge on any atom is 0.229 e. The summed E-state index contributed by atoms with van der Waals surface area (Å²) >= 11 is 1.17. The zero-order chi connectivity index (χ0) is 24.5. The van der Waals surface area contributed by atoms with Crippen molar-refractivity contribution in [1.82, 2.24) is 19.9 Å². The highest BCUT2D eigenvalue weighted by Gasteiger charge is 2.20. The van der Waals surface area contributed by atoms with Crippen LogP contribution in [0.4, 0.5) is 19.9 Å². The van der Waals surface area contributed by atoms with E-state index < -0.39 is 18.2 Å². The predicted molar refractivity (Wildman–Crippen MR) is 121 cm³/mol. The Morgan fingerprint density at radius 2 is 1.64 bits per heavy atom. The monoisotopic (exact) mass is 481 g/mol. The Hall–Kier alpha value is -3.38. The van der Waals surface area contributed by atoms with Gasteiger partial charge < -0.3 is 24.4 Å². The number of aromatic nitrogens is 3. The first-order valence-electron chi connectivity index (χ1n) is 9.54. The van der Waals surface area contributed by atoms with E-state index >= 15 is 0 Å². The van der Waals surface area contributed by atoms with Crippen LogP contribution >= 0.6 is 11.3 Å². The molecule has 1 aromatic carbocycles. The highest BCUT2D eigenvalue weighted by Crippen LogP contribution is 2.32. The summed E-state index contributed by atoms with van der Waals surface area (Å²) in [4.78, 5) is 25.7. The van der Waals surface area contributed by atoms with E-state index in [1.165, 1.54) is 38.0 Å². The summed E-state index contributed by atoms with van der Waals surface area (Å²) in [7, 11) is 8.53. The van der Waals surface area contributed by atoms with Crippen molar-refractivity contribution in [3.05, 3.63) is 46.2 Å². The van der Waals surface area contributed by atoms with Crippen molar-refractivity contribution in [1.29, 1.82) is 0 Å². The fraction of sp³-hybridized carbons (Fsp3) is 0.333. The van der Waals surface area contributed by atoms with E-state index in [1.807, 2.05) is 26.0 Å². The second kappa shape index (κ2) is 12.0. The van der Waals surface area contributed by atoms with Crippen molar-refractivity contribution >= 4 is 28.7 Å². The molecule has 3 aromatic rings. The lowest BCUT2D eigenvalue weighted by molar-refractivity contribution is 0.112. The van der Waals surface area contributed by atoms with Crippen LogP contribution in [0.3, 0.4) is 0 Å². The number of carbonyl (C=O) groups is 1. The van der Waals surface area contributed by atoms with Crippen LogP contribution in [-0.4, -0.2) is 61.5 Å². The summed E-state index contributed by atoms with van der Waals surface area (Å²) in [6.07, 6.45) is 3.40. The van der Waals surface area contributed by atoms with E-state index in [0.29, 0.717) is 15.7 Å². The van der Waals surface area contributed by atoms with Gasteiger partial charge in [-0.05, 0) is 28.1 Å². The molecule has 3 rings (SSSR count). The molecule has 0 aliphatic carbocycles. The van der Waals surface area contributed by atoms with Gasteiger partial charge in [-0.15, -0.1) is 0 Å². The molecule has 0 saturated heterocycles. The third-order valence-corrected chi connectivity index (χ3v) is 4.83. The summed E-state index contributed by atoms with van der Waals surface area (Å²) in [6.45, 7) is 1.30. The number of hydrogen-bond acceptors (Lipinski definition) is 10. The number of ether oxygens (including phenoxy) is 3. The Kier molecular flexibility index (Phi) is 9.43. The molecule has 12 heteroatoms. The van der Waals surface area contributed by atoms with Crippen molar-refractivity contribution < 1.29 is 27.8 Å². The molecule has 2 heterocycles. The SMILES string of the molecule is CN(C)C.COc1cc(OC)c(F)c(COc2cnc(Nc3nc(C)c(C=O)s3)nc2)c1F. The normalized spacial score (nSPS) is 10.3. The highest BCUT2D eigenvalue weighted by molar-refractivity contribution is 7.17. The van der Waals surface area contributed by atoms with Crippen LogP contribution in [0.5, 0.6) is 17.2 Å². The largest absolute Gasteiger partial charge is 0.494 e. The maximum absolute atomic E-state index is 14.4. The summed E-state index contributed by atoms with van der Waals surface area (Å²) in [5, 5.41) is 3.33. The molecule has 9 nitrogen and oxygen atoms in total. The van der Waals surface area contributed by atoms with Gasteiger partial charge in [0.15, 0.2) is 40.3 Å². The number of aryl methyl sites for hydroxylation is 1. The fourth-order valence-corrected chi connectivity index (χ4v) is 3.12. The molecule has 0 radical (unpaired) electrons. The topological polar surface area (TPSA) is 98.7 Å². The summed E-state index contributed by atoms with van der Waals surface area (Å²) in [5.74, 6) is -1.66. The van der Waals surface area contributed by atoms with Crippen LogP contribution in [0, 0.1) is 18.6 Å². The standard InChI is InChI=1S/C18H16F2N4O4S.C3H9N/c1-9-14(7-25)29-18(23-9)24-17-21-5-10(6-22-17)28-8-11-15(19)12(26-2)4-13(27-3)16(11)20;1-4(2)3/h4-7H,8H2,1-3H3,(H,21,22,23,24);1-3H3. The number of aldehydes is 1. The Morgan fingerprint density at radius 1 is 1.09 bits per heavy atom. The Bertz CT molecular complexity index is 1050. The predicted octanol–water partition coefficient (Wildman–Crippen LogP) is 3.85. The Balaban J connectivity index is 0.000000890. The van der Waals surface area contributed by atoms with Crippen molar-refractivity contribution in [3.63, 3.8) is 0 Å². The number of hydrogen-bond donors (Lipinski definition) is 1. The number of benzene rings is 1. The van der Waals surface area contributed by atoms with Crippen LogP contribution in [0.25, 0.3) is 0 Å². The quantitative estimate of drug-likeness (QED) is 0.481. The van der Waals surface area contributed by atoms with Gasteiger partial charge in [0.2, 0.25) is 5.95 Å². The minimum atomic E-state index is -0.880. The smallest absolute Gasteiger partial charge is 0.229 e. The minimum absolute atomic E-state index is 0.161. The second-order valence-electron chi connectivity index (χ2n) is 6.97. The zero-order valence-corrected chi connectivity index (χ0v) is 19.9. The number of thiazole rings is 1. The van der Waals surface area contributed by atoms with Crippen LogP contribution < -0.4 is 19.5 Å². The van der Waals surface area contributed by atoms with E-state index in [4.69, 9.17) is 14.2 Å². The van der Waals surface area contributed by atoms with Crippen molar-refractivity contribution in [2.24, 2.45) is 0 Å². The summed E-state index contributed by atoms with van der Waals surface area (Å²) in [5.41, 5.74) is 0.258. The molecule has 0 saturated carbocycles. The first-order chi connectivity index (χ1) is 15.7. The zero-order valence-electron chi connectivity index (χ0n) is 19.1. The molecular weight excluding hydrogens is 456 g/mol. The number of nitrogens with zero attached hydrogens (tertiary/aromatic N) is 4. The van der Waals surface area contributed by atoms with Crippen LogP contribution in [0.1, 0.15) is 20.9 Å². The molecule has 178 valence electrons. The minimum Gasteiger partial charge on any atom is -0.494 e. The van der Waals surface area contributed by atoms with Crippen LogP contribution in [-0.2, 0) is 6.61 Å². The average molecular weight is 482 g/mol. The van der Waals surface area contributed by atoms with E-state index in [2.05, 4.69) is 20.3 Å².